The summed E-state index contributed by atoms with van der Waals surface area (Å²) in [7, 11) is -3.81. The molecule has 0 aliphatic carbocycles. The van der Waals surface area contributed by atoms with E-state index in [9.17, 15) is 22.4 Å². The van der Waals surface area contributed by atoms with Crippen molar-refractivity contribution < 1.29 is 27.1 Å². The maximum Gasteiger partial charge on any atom is 0.338 e. The van der Waals surface area contributed by atoms with Crippen molar-refractivity contribution in [3.63, 3.8) is 0 Å². The maximum absolute atomic E-state index is 12.9. The SMILES string of the molecule is CC(C)(C)NS(=O)(=O)c1cccc(C(=O)OCC(=O)NCc2ccc(F)cc2)c1. The Balaban J connectivity index is 1.93. The minimum atomic E-state index is -3.81. The van der Waals surface area contributed by atoms with Gasteiger partial charge >= 0.3 is 5.97 Å². The van der Waals surface area contributed by atoms with E-state index in [4.69, 9.17) is 4.74 Å². The molecule has 9 heteroatoms. The molecule has 7 nitrogen and oxygen atoms in total. The van der Waals surface area contributed by atoms with E-state index < -0.39 is 34.0 Å². The quantitative estimate of drug-likeness (QED) is 0.667. The number of sulfonamides is 1. The van der Waals surface area contributed by atoms with Gasteiger partial charge in [-0.25, -0.2) is 22.3 Å². The highest BCUT2D eigenvalue weighted by molar-refractivity contribution is 7.89. The molecular formula is C20H23FN2O5S. The molecule has 156 valence electrons. The summed E-state index contributed by atoms with van der Waals surface area (Å²) < 4.78 is 45.0. The monoisotopic (exact) mass is 422 g/mol. The van der Waals surface area contributed by atoms with Crippen molar-refractivity contribution in [3.8, 4) is 0 Å². The number of esters is 1. The summed E-state index contributed by atoms with van der Waals surface area (Å²) in [6.07, 6.45) is 0. The predicted octanol–water partition coefficient (Wildman–Crippen LogP) is 2.38. The Kier molecular flexibility index (Phi) is 7.10. The molecule has 0 atom stereocenters. The number of hydrogen-bond acceptors (Lipinski definition) is 5. The minimum Gasteiger partial charge on any atom is -0.452 e. The van der Waals surface area contributed by atoms with Crippen LogP contribution in [0.4, 0.5) is 4.39 Å². The summed E-state index contributed by atoms with van der Waals surface area (Å²) >= 11 is 0. The highest BCUT2D eigenvalue weighted by Crippen LogP contribution is 2.15. The van der Waals surface area contributed by atoms with E-state index in [0.717, 1.165) is 0 Å². The molecule has 2 aromatic rings. The Hall–Kier alpha value is -2.78. The smallest absolute Gasteiger partial charge is 0.338 e. The van der Waals surface area contributed by atoms with Crippen molar-refractivity contribution in [2.75, 3.05) is 6.61 Å². The molecule has 0 bridgehead atoms. The molecule has 2 aromatic carbocycles. The highest BCUT2D eigenvalue weighted by Gasteiger charge is 2.23. The van der Waals surface area contributed by atoms with E-state index >= 15 is 0 Å². The molecule has 0 aliphatic heterocycles. The molecular weight excluding hydrogens is 399 g/mol. The lowest BCUT2D eigenvalue weighted by Gasteiger charge is -2.20. The van der Waals surface area contributed by atoms with Gasteiger partial charge in [-0.2, -0.15) is 0 Å². The van der Waals surface area contributed by atoms with Crippen LogP contribution in [0.1, 0.15) is 36.7 Å². The number of carbonyl (C=O) groups is 2. The third kappa shape index (κ3) is 7.28. The van der Waals surface area contributed by atoms with Crippen LogP contribution in [0.5, 0.6) is 0 Å². The van der Waals surface area contributed by atoms with Gasteiger partial charge in [0.15, 0.2) is 6.61 Å². The van der Waals surface area contributed by atoms with E-state index in [1.54, 1.807) is 20.8 Å². The third-order valence-corrected chi connectivity index (χ3v) is 5.31. The number of rotatable bonds is 7. The zero-order valence-electron chi connectivity index (χ0n) is 16.4. The van der Waals surface area contributed by atoms with E-state index in [0.29, 0.717) is 5.56 Å². The third-order valence-electron chi connectivity index (χ3n) is 3.56. The van der Waals surface area contributed by atoms with Crippen LogP contribution in [-0.2, 0) is 26.1 Å². The van der Waals surface area contributed by atoms with Gasteiger partial charge in [0.25, 0.3) is 5.91 Å². The van der Waals surface area contributed by atoms with Gasteiger partial charge in [-0.3, -0.25) is 4.79 Å². The minimum absolute atomic E-state index is 0.00752. The van der Waals surface area contributed by atoms with Crippen LogP contribution in [0, 0.1) is 5.82 Å². The van der Waals surface area contributed by atoms with Crippen LogP contribution >= 0.6 is 0 Å². The standard InChI is InChI=1S/C20H23FN2O5S/c1-20(2,3)23-29(26,27)17-6-4-5-15(11-17)19(25)28-13-18(24)22-12-14-7-9-16(21)10-8-14/h4-11,23H,12-13H2,1-3H3,(H,22,24). The lowest BCUT2D eigenvalue weighted by atomic mass is 10.1. The molecule has 0 saturated heterocycles. The molecule has 0 unspecified atom stereocenters. The molecule has 0 radical (unpaired) electrons. The number of carbonyl (C=O) groups excluding carboxylic acids is 2. The summed E-state index contributed by atoms with van der Waals surface area (Å²) in [6.45, 7) is 4.73. The zero-order chi connectivity index (χ0) is 21.7. The topological polar surface area (TPSA) is 102 Å². The van der Waals surface area contributed by atoms with Crippen LogP contribution in [-0.4, -0.2) is 32.4 Å². The van der Waals surface area contributed by atoms with Crippen molar-refractivity contribution in [1.82, 2.24) is 10.0 Å². The van der Waals surface area contributed by atoms with Crippen LogP contribution in [0.2, 0.25) is 0 Å². The number of ether oxygens (including phenoxy) is 1. The zero-order valence-corrected chi connectivity index (χ0v) is 17.2. The normalized spacial score (nSPS) is 11.7. The summed E-state index contributed by atoms with van der Waals surface area (Å²) in [4.78, 5) is 23.9. The fraction of sp³-hybridized carbons (Fsp3) is 0.300. The molecule has 0 heterocycles. The van der Waals surface area contributed by atoms with Gasteiger partial charge in [0.2, 0.25) is 10.0 Å². The number of nitrogens with one attached hydrogen (secondary N) is 2. The van der Waals surface area contributed by atoms with E-state index in [1.165, 1.54) is 48.5 Å². The lowest BCUT2D eigenvalue weighted by molar-refractivity contribution is -0.124. The van der Waals surface area contributed by atoms with Crippen LogP contribution in [0.15, 0.2) is 53.4 Å². The first-order valence-corrected chi connectivity index (χ1v) is 10.3. The van der Waals surface area contributed by atoms with Crippen molar-refractivity contribution in [3.05, 3.63) is 65.5 Å². The molecule has 0 aromatic heterocycles. The first-order chi connectivity index (χ1) is 13.5. The summed E-state index contributed by atoms with van der Waals surface area (Å²) in [5.74, 6) is -1.74. The van der Waals surface area contributed by atoms with Crippen LogP contribution in [0.25, 0.3) is 0 Å². The van der Waals surface area contributed by atoms with Crippen LogP contribution < -0.4 is 10.0 Å². The summed E-state index contributed by atoms with van der Waals surface area (Å²) in [5, 5.41) is 2.54. The second-order valence-corrected chi connectivity index (χ2v) is 9.05. The molecule has 0 spiro atoms. The van der Waals surface area contributed by atoms with Gasteiger partial charge in [-0.1, -0.05) is 18.2 Å². The largest absolute Gasteiger partial charge is 0.452 e. The summed E-state index contributed by atoms with van der Waals surface area (Å²) in [5.41, 5.74) is 0.0151. The lowest BCUT2D eigenvalue weighted by Crippen LogP contribution is -2.40. The van der Waals surface area contributed by atoms with Gasteiger partial charge in [0.05, 0.1) is 10.5 Å². The van der Waals surface area contributed by atoms with Crippen molar-refractivity contribution in [1.29, 1.82) is 0 Å². The highest BCUT2D eigenvalue weighted by atomic mass is 32.2. The van der Waals surface area contributed by atoms with Crippen molar-refractivity contribution in [2.45, 2.75) is 37.8 Å². The first kappa shape index (κ1) is 22.5. The molecule has 0 saturated carbocycles. The fourth-order valence-corrected chi connectivity index (χ4v) is 3.78. The van der Waals surface area contributed by atoms with E-state index in [-0.39, 0.29) is 22.8 Å². The Labute approximate surface area is 169 Å². The number of benzene rings is 2. The average Bonchev–Trinajstić information content (AvgIpc) is 2.64. The summed E-state index contributed by atoms with van der Waals surface area (Å²) in [6, 6.07) is 11.0. The Morgan fingerprint density at radius 2 is 1.72 bits per heavy atom. The second-order valence-electron chi connectivity index (χ2n) is 7.36. The second kappa shape index (κ2) is 9.15. The molecule has 1 amide bonds. The predicted molar refractivity (Wildman–Crippen MR) is 105 cm³/mol. The van der Waals surface area contributed by atoms with Gasteiger partial charge in [0.1, 0.15) is 5.82 Å². The number of halogens is 1. The Bertz CT molecular complexity index is 983. The maximum atomic E-state index is 12.9. The molecule has 2 rings (SSSR count). The van der Waals surface area contributed by atoms with Crippen LogP contribution in [0.3, 0.4) is 0 Å². The van der Waals surface area contributed by atoms with Gasteiger partial charge < -0.3 is 10.1 Å². The molecule has 0 fully saturated rings. The molecule has 2 N–H and O–H groups in total. The molecule has 0 aliphatic rings. The van der Waals surface area contributed by atoms with Gasteiger partial charge in [-0.05, 0) is 56.7 Å². The van der Waals surface area contributed by atoms with Gasteiger partial charge in [-0.15, -0.1) is 0 Å². The van der Waals surface area contributed by atoms with Gasteiger partial charge in [0, 0.05) is 12.1 Å². The van der Waals surface area contributed by atoms with E-state index in [1.807, 2.05) is 0 Å². The van der Waals surface area contributed by atoms with Crippen molar-refractivity contribution >= 4 is 21.9 Å². The Morgan fingerprint density at radius 1 is 1.07 bits per heavy atom. The van der Waals surface area contributed by atoms with E-state index in [2.05, 4.69) is 10.0 Å². The first-order valence-electron chi connectivity index (χ1n) is 8.79. The number of amides is 1. The van der Waals surface area contributed by atoms with Crippen molar-refractivity contribution in [2.24, 2.45) is 0 Å². The average molecular weight is 422 g/mol. The molecule has 29 heavy (non-hydrogen) atoms. The number of hydrogen-bond donors (Lipinski definition) is 2. The fourth-order valence-electron chi connectivity index (χ4n) is 2.32. The Morgan fingerprint density at radius 3 is 2.34 bits per heavy atom.